The van der Waals surface area contributed by atoms with E-state index in [1.165, 1.54) is 13.8 Å². The minimum Gasteiger partial charge on any atom is -0.508 e. The van der Waals surface area contributed by atoms with Gasteiger partial charge in [-0.2, -0.15) is 26.3 Å². The lowest BCUT2D eigenvalue weighted by Gasteiger charge is -2.51. The van der Waals surface area contributed by atoms with E-state index in [0.29, 0.717) is 0 Å². The van der Waals surface area contributed by atoms with Crippen LogP contribution < -0.4 is 4.90 Å². The lowest BCUT2D eigenvalue weighted by atomic mass is 9.83. The molecule has 1 heterocycles. The summed E-state index contributed by atoms with van der Waals surface area (Å²) >= 11 is 0. The molecule has 0 bridgehead atoms. The van der Waals surface area contributed by atoms with Gasteiger partial charge in [0.15, 0.2) is 0 Å². The minimum atomic E-state index is -5.94. The van der Waals surface area contributed by atoms with E-state index in [1.54, 1.807) is 0 Å². The topological polar surface area (TPSA) is 49.8 Å². The number of aromatic hydroxyl groups is 1. The van der Waals surface area contributed by atoms with Crippen molar-refractivity contribution < 1.29 is 41.0 Å². The van der Waals surface area contributed by atoms with Crippen molar-refractivity contribution in [1.82, 2.24) is 0 Å². The molecule has 1 atom stereocenters. The number of anilines is 1. The molecule has 0 spiro atoms. The lowest BCUT2D eigenvalue weighted by molar-refractivity contribution is -0.387. The average molecular weight is 371 g/mol. The fourth-order valence-corrected chi connectivity index (χ4v) is 2.53. The van der Waals surface area contributed by atoms with Crippen molar-refractivity contribution in [2.75, 3.05) is 11.5 Å². The van der Waals surface area contributed by atoms with Crippen LogP contribution in [0.25, 0.3) is 0 Å². The predicted molar refractivity (Wildman–Crippen MR) is 74.8 cm³/mol. The van der Waals surface area contributed by atoms with Crippen LogP contribution in [0.5, 0.6) is 5.75 Å². The Balaban J connectivity index is 2.77. The molecule has 1 aliphatic rings. The Labute approximate surface area is 139 Å². The number of benzene rings is 1. The number of phenolic OH excluding ortho intramolecular Hbond substituents is 1. The number of ether oxygens (including phenoxy) is 1. The summed E-state index contributed by atoms with van der Waals surface area (Å²) in [5, 5.41) is 9.24. The van der Waals surface area contributed by atoms with Gasteiger partial charge >= 0.3 is 18.1 Å². The Morgan fingerprint density at radius 3 is 2.00 bits per heavy atom. The number of halogens is 6. The van der Waals surface area contributed by atoms with Crippen molar-refractivity contribution in [3.63, 3.8) is 0 Å². The summed E-state index contributed by atoms with van der Waals surface area (Å²) in [6.07, 6.45) is -11.9. The molecule has 0 aliphatic carbocycles. The minimum absolute atomic E-state index is 0.0216. The van der Waals surface area contributed by atoms with Crippen LogP contribution in [0.2, 0.25) is 0 Å². The van der Waals surface area contributed by atoms with E-state index >= 15 is 0 Å². The molecule has 0 saturated carbocycles. The molecule has 1 unspecified atom stereocenters. The first kappa shape index (κ1) is 19.4. The first-order chi connectivity index (χ1) is 11.3. The molecule has 1 N–H and O–H groups in total. The van der Waals surface area contributed by atoms with E-state index in [4.69, 9.17) is 0 Å². The van der Waals surface area contributed by atoms with Crippen molar-refractivity contribution in [3.05, 3.63) is 24.3 Å². The summed E-state index contributed by atoms with van der Waals surface area (Å²) in [7, 11) is 0. The molecule has 4 nitrogen and oxygen atoms in total. The van der Waals surface area contributed by atoms with Crippen LogP contribution in [0.1, 0.15) is 20.3 Å². The van der Waals surface area contributed by atoms with Gasteiger partial charge in [0.05, 0.1) is 12.0 Å². The Kier molecular flexibility index (Phi) is 4.48. The summed E-state index contributed by atoms with van der Waals surface area (Å²) in [4.78, 5) is 12.3. The van der Waals surface area contributed by atoms with Gasteiger partial charge in [0.25, 0.3) is 0 Å². The van der Waals surface area contributed by atoms with Crippen molar-refractivity contribution >= 4 is 11.6 Å². The molecule has 1 saturated heterocycles. The summed E-state index contributed by atoms with van der Waals surface area (Å²) in [5.74, 6) is -1.74. The predicted octanol–water partition coefficient (Wildman–Crippen LogP) is 3.99. The van der Waals surface area contributed by atoms with Crippen LogP contribution in [0.3, 0.4) is 0 Å². The quantitative estimate of drug-likeness (QED) is 0.800. The van der Waals surface area contributed by atoms with Gasteiger partial charge in [-0.15, -0.1) is 0 Å². The summed E-state index contributed by atoms with van der Waals surface area (Å²) in [6, 6.07) is 3.37. The molecule has 1 fully saturated rings. The molecule has 1 aromatic carbocycles. The van der Waals surface area contributed by atoms with E-state index in [1.807, 2.05) is 0 Å². The van der Waals surface area contributed by atoms with E-state index in [-0.39, 0.29) is 12.2 Å². The standard InChI is InChI=1S/C15H15F6NO3/c1-3-12(2)8-25-13(14(16,17)18,15(19,20)21)22(11(12)24)9-4-6-10(23)7-5-9/h4-7,23H,3,8H2,1-2H3. The second kappa shape index (κ2) is 5.79. The second-order valence-corrected chi connectivity index (χ2v) is 6.00. The number of alkyl halides is 6. The lowest BCUT2D eigenvalue weighted by Crippen LogP contribution is -2.76. The molecule has 1 amide bonds. The first-order valence-corrected chi connectivity index (χ1v) is 7.21. The highest BCUT2D eigenvalue weighted by atomic mass is 19.4. The van der Waals surface area contributed by atoms with Crippen LogP contribution in [-0.2, 0) is 9.53 Å². The highest BCUT2D eigenvalue weighted by Gasteiger charge is 2.79. The van der Waals surface area contributed by atoms with Gasteiger partial charge < -0.3 is 9.84 Å². The van der Waals surface area contributed by atoms with Crippen LogP contribution in [0.15, 0.2) is 24.3 Å². The molecular weight excluding hydrogens is 356 g/mol. The van der Waals surface area contributed by atoms with E-state index in [9.17, 15) is 36.2 Å². The molecule has 1 aliphatic heterocycles. The molecule has 25 heavy (non-hydrogen) atoms. The maximum atomic E-state index is 13.5. The number of rotatable bonds is 2. The number of carbonyl (C=O) groups excluding carboxylic acids is 1. The van der Waals surface area contributed by atoms with Gasteiger partial charge in [-0.05, 0) is 37.6 Å². The average Bonchev–Trinajstić information content (AvgIpc) is 2.48. The second-order valence-electron chi connectivity index (χ2n) is 6.00. The maximum absolute atomic E-state index is 13.5. The molecule has 0 radical (unpaired) electrons. The highest BCUT2D eigenvalue weighted by Crippen LogP contribution is 2.54. The van der Waals surface area contributed by atoms with Crippen LogP contribution in [-0.4, -0.2) is 35.7 Å². The smallest absolute Gasteiger partial charge is 0.447 e. The number of hydrogen-bond donors (Lipinski definition) is 1. The fourth-order valence-electron chi connectivity index (χ4n) is 2.53. The SMILES string of the molecule is CCC1(C)COC(C(F)(F)F)(C(F)(F)F)N(c2ccc(O)cc2)C1=O. The van der Waals surface area contributed by atoms with Gasteiger partial charge in [-0.1, -0.05) is 6.92 Å². The molecule has 10 heteroatoms. The zero-order valence-electron chi connectivity index (χ0n) is 13.2. The van der Waals surface area contributed by atoms with Gasteiger partial charge in [-0.25, -0.2) is 0 Å². The van der Waals surface area contributed by atoms with E-state index in [2.05, 4.69) is 4.74 Å². The maximum Gasteiger partial charge on any atom is 0.447 e. The molecule has 1 aromatic rings. The monoisotopic (exact) mass is 371 g/mol. The normalized spacial score (nSPS) is 24.5. The third kappa shape index (κ3) is 2.82. The molecule has 140 valence electrons. The summed E-state index contributed by atoms with van der Waals surface area (Å²) in [6.45, 7) is 1.67. The van der Waals surface area contributed by atoms with Crippen molar-refractivity contribution in [2.45, 2.75) is 38.3 Å². The highest BCUT2D eigenvalue weighted by molar-refractivity contribution is 5.99. The van der Waals surface area contributed by atoms with Gasteiger partial charge in [0.1, 0.15) is 5.75 Å². The molecular formula is C15H15F6NO3. The molecule has 0 aromatic heterocycles. The van der Waals surface area contributed by atoms with Gasteiger partial charge in [-0.3, -0.25) is 9.69 Å². The molecule has 2 rings (SSSR count). The zero-order valence-corrected chi connectivity index (χ0v) is 13.2. The number of nitrogens with zero attached hydrogens (tertiary/aromatic N) is 1. The van der Waals surface area contributed by atoms with Crippen molar-refractivity contribution in [1.29, 1.82) is 0 Å². The zero-order chi connectivity index (χ0) is 19.3. The van der Waals surface area contributed by atoms with Gasteiger partial charge in [0, 0.05) is 5.69 Å². The number of phenols is 1. The van der Waals surface area contributed by atoms with Gasteiger partial charge in [0.2, 0.25) is 5.91 Å². The van der Waals surface area contributed by atoms with Crippen molar-refractivity contribution in [3.8, 4) is 5.75 Å². The van der Waals surface area contributed by atoms with E-state index in [0.717, 1.165) is 24.3 Å². The Morgan fingerprint density at radius 1 is 1.12 bits per heavy atom. The Hall–Kier alpha value is -1.97. The third-order valence-electron chi connectivity index (χ3n) is 4.29. The largest absolute Gasteiger partial charge is 0.508 e. The Morgan fingerprint density at radius 2 is 1.60 bits per heavy atom. The van der Waals surface area contributed by atoms with Crippen molar-refractivity contribution in [2.24, 2.45) is 5.41 Å². The Bertz CT molecular complexity index is 641. The third-order valence-corrected chi connectivity index (χ3v) is 4.29. The number of amides is 1. The van der Waals surface area contributed by atoms with Crippen LogP contribution in [0, 0.1) is 5.41 Å². The van der Waals surface area contributed by atoms with E-state index < -0.39 is 46.6 Å². The number of carbonyl (C=O) groups is 1. The summed E-state index contributed by atoms with van der Waals surface area (Å²) < 4.78 is 85.7. The first-order valence-electron chi connectivity index (χ1n) is 7.21. The van der Waals surface area contributed by atoms with Crippen LogP contribution >= 0.6 is 0 Å². The van der Waals surface area contributed by atoms with Crippen LogP contribution in [0.4, 0.5) is 32.0 Å². The summed E-state index contributed by atoms with van der Waals surface area (Å²) in [5.41, 5.74) is -7.04. The fraction of sp³-hybridized carbons (Fsp3) is 0.533. The number of hydrogen-bond acceptors (Lipinski definition) is 3.